The molecule has 100 valence electrons. The molecule has 0 aliphatic carbocycles. The normalized spacial score (nSPS) is 10.5. The van der Waals surface area contributed by atoms with Gasteiger partial charge in [0.15, 0.2) is 11.6 Å². The van der Waals surface area contributed by atoms with Gasteiger partial charge in [-0.2, -0.15) is 0 Å². The average molecular weight is 263 g/mol. The average Bonchev–Trinajstić information content (AvgIpc) is 2.42. The molecule has 0 aliphatic heterocycles. The Morgan fingerprint density at radius 3 is 2.53 bits per heavy atom. The van der Waals surface area contributed by atoms with Gasteiger partial charge in [-0.25, -0.2) is 8.78 Å². The zero-order chi connectivity index (χ0) is 13.7. The first-order valence-corrected chi connectivity index (χ1v) is 6.05. The maximum atomic E-state index is 13.1. The minimum absolute atomic E-state index is 0.193. The van der Waals surface area contributed by atoms with E-state index >= 15 is 0 Å². The van der Waals surface area contributed by atoms with Crippen molar-refractivity contribution in [3.05, 3.63) is 65.2 Å². The Labute approximate surface area is 110 Å². The zero-order valence-electron chi connectivity index (χ0n) is 10.4. The summed E-state index contributed by atoms with van der Waals surface area (Å²) in [6, 6.07) is 11.3. The van der Waals surface area contributed by atoms with Crippen LogP contribution in [0, 0.1) is 11.6 Å². The van der Waals surface area contributed by atoms with Gasteiger partial charge in [0.2, 0.25) is 0 Å². The number of halogens is 2. The topological polar surface area (TPSA) is 35.2 Å². The van der Waals surface area contributed by atoms with E-state index in [1.165, 1.54) is 6.07 Å². The van der Waals surface area contributed by atoms with Crippen molar-refractivity contribution in [1.82, 2.24) is 0 Å². The first-order valence-electron chi connectivity index (χ1n) is 6.05. The Hall–Kier alpha value is -1.94. The Morgan fingerprint density at radius 1 is 1.00 bits per heavy atom. The molecule has 0 radical (unpaired) electrons. The fourth-order valence-electron chi connectivity index (χ4n) is 1.80. The lowest BCUT2D eigenvalue weighted by atomic mass is 10.1. The third kappa shape index (κ3) is 3.51. The van der Waals surface area contributed by atoms with Crippen LogP contribution in [-0.2, 0) is 13.0 Å². The zero-order valence-corrected chi connectivity index (χ0v) is 10.4. The van der Waals surface area contributed by atoms with Crippen molar-refractivity contribution >= 4 is 0 Å². The second-order valence-electron chi connectivity index (χ2n) is 4.18. The first-order chi connectivity index (χ1) is 9.20. The van der Waals surface area contributed by atoms with Crippen LogP contribution < -0.4 is 10.5 Å². The van der Waals surface area contributed by atoms with Gasteiger partial charge < -0.3 is 10.5 Å². The lowest BCUT2D eigenvalue weighted by Gasteiger charge is -2.11. The largest absolute Gasteiger partial charge is 0.489 e. The second kappa shape index (κ2) is 6.29. The molecule has 0 amide bonds. The molecule has 0 aromatic heterocycles. The van der Waals surface area contributed by atoms with Gasteiger partial charge in [0.1, 0.15) is 12.4 Å². The summed E-state index contributed by atoms with van der Waals surface area (Å²) in [5, 5.41) is 0. The first kappa shape index (κ1) is 13.5. The Morgan fingerprint density at radius 2 is 1.79 bits per heavy atom. The van der Waals surface area contributed by atoms with Gasteiger partial charge >= 0.3 is 0 Å². The van der Waals surface area contributed by atoms with E-state index in [9.17, 15) is 8.78 Å². The van der Waals surface area contributed by atoms with E-state index in [0.29, 0.717) is 18.5 Å². The number of para-hydroxylation sites is 1. The molecule has 4 heteroatoms. The molecule has 0 atom stereocenters. The van der Waals surface area contributed by atoms with E-state index < -0.39 is 11.6 Å². The van der Waals surface area contributed by atoms with Crippen molar-refractivity contribution in [1.29, 1.82) is 0 Å². The van der Waals surface area contributed by atoms with Gasteiger partial charge in [0.05, 0.1) is 0 Å². The molecule has 0 bridgehead atoms. The standard InChI is InChI=1S/C15H15F2NO/c16-13-6-5-11(9-14(13)17)10-19-15-4-2-1-3-12(15)7-8-18/h1-6,9H,7-8,10,18H2. The van der Waals surface area contributed by atoms with Crippen molar-refractivity contribution in [2.45, 2.75) is 13.0 Å². The monoisotopic (exact) mass is 263 g/mol. The van der Waals surface area contributed by atoms with Crippen LogP contribution >= 0.6 is 0 Å². The van der Waals surface area contributed by atoms with Crippen LogP contribution in [0.5, 0.6) is 5.75 Å². The quantitative estimate of drug-likeness (QED) is 0.899. The van der Waals surface area contributed by atoms with Crippen LogP contribution in [0.1, 0.15) is 11.1 Å². The van der Waals surface area contributed by atoms with E-state index in [-0.39, 0.29) is 6.61 Å². The Kier molecular flexibility index (Phi) is 4.47. The molecule has 2 nitrogen and oxygen atoms in total. The van der Waals surface area contributed by atoms with E-state index in [4.69, 9.17) is 10.5 Å². The number of hydrogen-bond acceptors (Lipinski definition) is 2. The van der Waals surface area contributed by atoms with E-state index in [1.807, 2.05) is 24.3 Å². The SMILES string of the molecule is NCCc1ccccc1OCc1ccc(F)c(F)c1. The van der Waals surface area contributed by atoms with Gasteiger partial charge in [-0.3, -0.25) is 0 Å². The molecule has 0 fully saturated rings. The molecule has 2 aromatic carbocycles. The van der Waals surface area contributed by atoms with E-state index in [1.54, 1.807) is 0 Å². The summed E-state index contributed by atoms with van der Waals surface area (Å²) in [6.45, 7) is 0.727. The molecule has 0 saturated heterocycles. The fraction of sp³-hybridized carbons (Fsp3) is 0.200. The molecule has 2 N–H and O–H groups in total. The van der Waals surface area contributed by atoms with Crippen LogP contribution in [0.15, 0.2) is 42.5 Å². The van der Waals surface area contributed by atoms with Crippen LogP contribution in [0.4, 0.5) is 8.78 Å². The van der Waals surface area contributed by atoms with Crippen LogP contribution in [0.2, 0.25) is 0 Å². The van der Waals surface area contributed by atoms with E-state index in [2.05, 4.69) is 0 Å². The summed E-state index contributed by atoms with van der Waals surface area (Å²) in [5.74, 6) is -0.999. The molecular formula is C15H15F2NO. The molecular weight excluding hydrogens is 248 g/mol. The van der Waals surface area contributed by atoms with Gasteiger partial charge in [-0.1, -0.05) is 24.3 Å². The lowest BCUT2D eigenvalue weighted by molar-refractivity contribution is 0.302. The number of hydrogen-bond donors (Lipinski definition) is 1. The smallest absolute Gasteiger partial charge is 0.159 e. The minimum atomic E-state index is -0.864. The van der Waals surface area contributed by atoms with Gasteiger partial charge in [0, 0.05) is 0 Å². The van der Waals surface area contributed by atoms with Crippen LogP contribution in [0.3, 0.4) is 0 Å². The molecule has 19 heavy (non-hydrogen) atoms. The van der Waals surface area contributed by atoms with Gasteiger partial charge in [-0.15, -0.1) is 0 Å². The van der Waals surface area contributed by atoms with Crippen molar-refractivity contribution in [2.75, 3.05) is 6.54 Å². The van der Waals surface area contributed by atoms with Crippen molar-refractivity contribution in [2.24, 2.45) is 5.73 Å². The van der Waals surface area contributed by atoms with E-state index in [0.717, 1.165) is 23.4 Å². The Balaban J connectivity index is 2.07. The van der Waals surface area contributed by atoms with Crippen molar-refractivity contribution in [3.63, 3.8) is 0 Å². The highest BCUT2D eigenvalue weighted by Crippen LogP contribution is 2.20. The van der Waals surface area contributed by atoms with Gasteiger partial charge in [-0.05, 0) is 42.3 Å². The highest BCUT2D eigenvalue weighted by molar-refractivity contribution is 5.33. The molecule has 0 spiro atoms. The minimum Gasteiger partial charge on any atom is -0.489 e. The molecule has 0 aliphatic rings. The summed E-state index contributed by atoms with van der Waals surface area (Å²) in [7, 11) is 0. The highest BCUT2D eigenvalue weighted by atomic mass is 19.2. The van der Waals surface area contributed by atoms with Crippen LogP contribution in [-0.4, -0.2) is 6.54 Å². The summed E-state index contributed by atoms with van der Waals surface area (Å²) >= 11 is 0. The number of nitrogens with two attached hydrogens (primary N) is 1. The molecule has 2 rings (SSSR count). The van der Waals surface area contributed by atoms with Crippen LogP contribution in [0.25, 0.3) is 0 Å². The van der Waals surface area contributed by atoms with Gasteiger partial charge in [0.25, 0.3) is 0 Å². The number of benzene rings is 2. The lowest BCUT2D eigenvalue weighted by Crippen LogP contribution is -2.05. The maximum Gasteiger partial charge on any atom is 0.159 e. The second-order valence-corrected chi connectivity index (χ2v) is 4.18. The molecule has 0 saturated carbocycles. The Bertz CT molecular complexity index is 558. The summed E-state index contributed by atoms with van der Waals surface area (Å²) in [4.78, 5) is 0. The molecule has 0 heterocycles. The number of rotatable bonds is 5. The predicted molar refractivity (Wildman–Crippen MR) is 69.9 cm³/mol. The summed E-state index contributed by atoms with van der Waals surface area (Å²) < 4.78 is 31.5. The third-order valence-electron chi connectivity index (χ3n) is 2.76. The fourth-order valence-corrected chi connectivity index (χ4v) is 1.80. The molecule has 2 aromatic rings. The molecule has 0 unspecified atom stereocenters. The van der Waals surface area contributed by atoms with Crippen molar-refractivity contribution in [3.8, 4) is 5.75 Å². The maximum absolute atomic E-state index is 13.1. The third-order valence-corrected chi connectivity index (χ3v) is 2.76. The summed E-state index contributed by atoms with van der Waals surface area (Å²) in [5.41, 5.74) is 7.12. The predicted octanol–water partition coefficient (Wildman–Crippen LogP) is 3.05. The number of ether oxygens (including phenoxy) is 1. The van der Waals surface area contributed by atoms with Crippen molar-refractivity contribution < 1.29 is 13.5 Å². The highest BCUT2D eigenvalue weighted by Gasteiger charge is 2.05. The summed E-state index contributed by atoms with van der Waals surface area (Å²) in [6.07, 6.45) is 0.716.